The van der Waals surface area contributed by atoms with Gasteiger partial charge < -0.3 is 10.6 Å². The Labute approximate surface area is 152 Å². The van der Waals surface area contributed by atoms with Gasteiger partial charge in [0, 0.05) is 41.9 Å². The van der Waals surface area contributed by atoms with Crippen LogP contribution in [0.3, 0.4) is 0 Å². The van der Waals surface area contributed by atoms with Gasteiger partial charge >= 0.3 is 0 Å². The standard InChI is InChI=1S/C21H22FN3O/c1-13-3-4-15(7-17(13)22)18-8-16(5-6-23-18)24-12-19-9-20(19)11-21(20,10-19)25-14(2)26/h3-8H,9-12H2,1-2H3,(H,23,24)(H,25,26). The Morgan fingerprint density at radius 2 is 2.08 bits per heavy atom. The summed E-state index contributed by atoms with van der Waals surface area (Å²) < 4.78 is 13.8. The normalized spacial score (nSPS) is 32.7. The molecule has 5 heteroatoms. The Morgan fingerprint density at radius 1 is 1.23 bits per heavy atom. The molecule has 3 atom stereocenters. The molecule has 26 heavy (non-hydrogen) atoms. The maximum atomic E-state index is 13.8. The van der Waals surface area contributed by atoms with Crippen LogP contribution in [-0.2, 0) is 4.79 Å². The minimum absolute atomic E-state index is 0.0828. The Kier molecular flexibility index (Phi) is 2.94. The summed E-state index contributed by atoms with van der Waals surface area (Å²) in [5.74, 6) is -0.126. The molecule has 3 unspecified atom stereocenters. The number of rotatable bonds is 5. The van der Waals surface area contributed by atoms with E-state index in [-0.39, 0.29) is 17.3 Å². The van der Waals surface area contributed by atoms with Crippen molar-refractivity contribution >= 4 is 11.6 Å². The maximum absolute atomic E-state index is 13.8. The van der Waals surface area contributed by atoms with Crippen molar-refractivity contribution in [1.29, 1.82) is 0 Å². The number of nitrogens with one attached hydrogen (secondary N) is 2. The summed E-state index contributed by atoms with van der Waals surface area (Å²) in [7, 11) is 0. The van der Waals surface area contributed by atoms with Crippen molar-refractivity contribution < 1.29 is 9.18 Å². The molecule has 3 fully saturated rings. The summed E-state index contributed by atoms with van der Waals surface area (Å²) in [6.45, 7) is 4.28. The smallest absolute Gasteiger partial charge is 0.217 e. The number of hydrogen-bond donors (Lipinski definition) is 2. The minimum atomic E-state index is -0.209. The van der Waals surface area contributed by atoms with Crippen molar-refractivity contribution in [1.82, 2.24) is 10.3 Å². The van der Waals surface area contributed by atoms with Gasteiger partial charge in [0.25, 0.3) is 0 Å². The molecule has 3 aliphatic rings. The summed E-state index contributed by atoms with van der Waals surface area (Å²) in [6, 6.07) is 9.14. The topological polar surface area (TPSA) is 54.0 Å². The SMILES string of the molecule is CC(=O)NC12CC3(CNc4ccnc(-c5ccc(C)c(F)c5)c4)CC31C2. The molecule has 2 aromatic rings. The van der Waals surface area contributed by atoms with Gasteiger partial charge in [0.2, 0.25) is 5.91 Å². The molecule has 3 saturated carbocycles. The zero-order valence-corrected chi connectivity index (χ0v) is 15.0. The van der Waals surface area contributed by atoms with Gasteiger partial charge in [-0.15, -0.1) is 0 Å². The Morgan fingerprint density at radius 3 is 2.81 bits per heavy atom. The van der Waals surface area contributed by atoms with Crippen LogP contribution in [0.15, 0.2) is 36.5 Å². The first kappa shape index (κ1) is 15.8. The average Bonchev–Trinajstić information content (AvgIpc) is 3.35. The second-order valence-electron chi connectivity index (χ2n) is 8.40. The van der Waals surface area contributed by atoms with Crippen LogP contribution in [0.4, 0.5) is 10.1 Å². The first-order valence-corrected chi connectivity index (χ1v) is 9.14. The molecule has 0 radical (unpaired) electrons. The molecule has 2 N–H and O–H groups in total. The van der Waals surface area contributed by atoms with Crippen LogP contribution in [0, 0.1) is 23.6 Å². The van der Waals surface area contributed by atoms with Gasteiger partial charge in [0.1, 0.15) is 5.82 Å². The molecule has 1 amide bonds. The molecule has 4 nitrogen and oxygen atoms in total. The van der Waals surface area contributed by atoms with Crippen LogP contribution in [-0.4, -0.2) is 23.0 Å². The number of carbonyl (C=O) groups is 1. The fourth-order valence-electron chi connectivity index (χ4n) is 5.43. The fraction of sp³-hybridized carbons (Fsp3) is 0.429. The van der Waals surface area contributed by atoms with E-state index in [1.54, 1.807) is 26.1 Å². The Bertz CT molecular complexity index is 945. The number of amides is 1. The van der Waals surface area contributed by atoms with E-state index in [0.29, 0.717) is 16.4 Å². The monoisotopic (exact) mass is 351 g/mol. The van der Waals surface area contributed by atoms with Gasteiger partial charge in [-0.25, -0.2) is 4.39 Å². The number of benzene rings is 1. The fourth-order valence-corrected chi connectivity index (χ4v) is 5.43. The number of nitrogens with zero attached hydrogens (tertiary/aromatic N) is 1. The highest BCUT2D eigenvalue weighted by molar-refractivity contribution is 5.76. The number of aromatic nitrogens is 1. The van der Waals surface area contributed by atoms with E-state index in [2.05, 4.69) is 15.6 Å². The highest BCUT2D eigenvalue weighted by atomic mass is 19.1. The molecular formula is C21H22FN3O. The second-order valence-corrected chi connectivity index (χ2v) is 8.40. The summed E-state index contributed by atoms with van der Waals surface area (Å²) in [5.41, 5.74) is 3.99. The second kappa shape index (κ2) is 4.84. The third-order valence-corrected chi connectivity index (χ3v) is 6.84. The van der Waals surface area contributed by atoms with E-state index in [1.807, 2.05) is 18.2 Å². The summed E-state index contributed by atoms with van der Waals surface area (Å²) in [5, 5.41) is 6.70. The number of aryl methyl sites for hydroxylation is 1. The van der Waals surface area contributed by atoms with Crippen molar-refractivity contribution in [3.8, 4) is 11.3 Å². The predicted octanol–water partition coefficient (Wildman–Crippen LogP) is 3.67. The molecule has 1 aromatic carbocycles. The highest BCUT2D eigenvalue weighted by Crippen LogP contribution is 2.95. The highest BCUT2D eigenvalue weighted by Gasteiger charge is 2.96. The molecular weight excluding hydrogens is 329 g/mol. The third kappa shape index (κ3) is 2.00. The molecule has 3 aliphatic carbocycles. The Balaban J connectivity index is 1.27. The van der Waals surface area contributed by atoms with Crippen LogP contribution in [0.5, 0.6) is 0 Å². The van der Waals surface area contributed by atoms with Gasteiger partial charge in [-0.3, -0.25) is 9.78 Å². The molecule has 1 heterocycles. The molecule has 5 rings (SSSR count). The molecule has 0 saturated heterocycles. The van der Waals surface area contributed by atoms with Crippen LogP contribution in [0.25, 0.3) is 11.3 Å². The van der Waals surface area contributed by atoms with E-state index in [0.717, 1.165) is 36.3 Å². The predicted molar refractivity (Wildman–Crippen MR) is 98.1 cm³/mol. The quantitative estimate of drug-likeness (QED) is 0.864. The number of pyridine rings is 1. The molecule has 134 valence electrons. The van der Waals surface area contributed by atoms with Crippen molar-refractivity contribution in [2.45, 2.75) is 38.6 Å². The largest absolute Gasteiger partial charge is 0.384 e. The summed E-state index contributed by atoms with van der Waals surface area (Å²) >= 11 is 0. The first-order chi connectivity index (χ1) is 12.4. The van der Waals surface area contributed by atoms with Gasteiger partial charge in [0.15, 0.2) is 0 Å². The van der Waals surface area contributed by atoms with E-state index in [1.165, 1.54) is 12.5 Å². The number of carbonyl (C=O) groups excluding carboxylic acids is 1. The number of hydrogen-bond acceptors (Lipinski definition) is 3. The lowest BCUT2D eigenvalue weighted by molar-refractivity contribution is -0.120. The molecule has 0 aliphatic heterocycles. The van der Waals surface area contributed by atoms with Crippen molar-refractivity contribution in [2.75, 3.05) is 11.9 Å². The van der Waals surface area contributed by atoms with E-state index < -0.39 is 0 Å². The number of halogens is 1. The molecule has 1 spiro atoms. The van der Waals surface area contributed by atoms with Crippen LogP contribution in [0.1, 0.15) is 31.7 Å². The summed E-state index contributed by atoms with van der Waals surface area (Å²) in [6.07, 6.45) is 5.17. The van der Waals surface area contributed by atoms with Crippen molar-refractivity contribution in [3.05, 3.63) is 47.9 Å². The zero-order chi connectivity index (χ0) is 18.2. The zero-order valence-electron chi connectivity index (χ0n) is 15.0. The average molecular weight is 351 g/mol. The van der Waals surface area contributed by atoms with Crippen LogP contribution in [0.2, 0.25) is 0 Å². The number of anilines is 1. The van der Waals surface area contributed by atoms with Gasteiger partial charge in [0.05, 0.1) is 5.69 Å². The first-order valence-electron chi connectivity index (χ1n) is 9.14. The van der Waals surface area contributed by atoms with Crippen molar-refractivity contribution in [2.24, 2.45) is 10.8 Å². The van der Waals surface area contributed by atoms with Gasteiger partial charge in [-0.2, -0.15) is 0 Å². The van der Waals surface area contributed by atoms with Gasteiger partial charge in [-0.05, 0) is 55.4 Å². The third-order valence-electron chi connectivity index (χ3n) is 6.84. The Hall–Kier alpha value is -2.43. The lowest BCUT2D eigenvalue weighted by Crippen LogP contribution is -2.48. The lowest BCUT2D eigenvalue weighted by Gasteiger charge is -2.35. The van der Waals surface area contributed by atoms with Crippen LogP contribution >= 0.6 is 0 Å². The van der Waals surface area contributed by atoms with Crippen LogP contribution < -0.4 is 10.6 Å². The molecule has 1 aromatic heterocycles. The molecule has 0 bridgehead atoms. The van der Waals surface area contributed by atoms with E-state index in [4.69, 9.17) is 0 Å². The van der Waals surface area contributed by atoms with E-state index in [9.17, 15) is 9.18 Å². The minimum Gasteiger partial charge on any atom is -0.384 e. The lowest BCUT2D eigenvalue weighted by atomic mass is 9.79. The maximum Gasteiger partial charge on any atom is 0.217 e. The van der Waals surface area contributed by atoms with Gasteiger partial charge in [-0.1, -0.05) is 12.1 Å². The van der Waals surface area contributed by atoms with E-state index >= 15 is 0 Å². The summed E-state index contributed by atoms with van der Waals surface area (Å²) in [4.78, 5) is 15.8. The van der Waals surface area contributed by atoms with Crippen molar-refractivity contribution in [3.63, 3.8) is 0 Å².